The van der Waals surface area contributed by atoms with Gasteiger partial charge in [-0.25, -0.2) is 0 Å². The summed E-state index contributed by atoms with van der Waals surface area (Å²) < 4.78 is 0.775. The number of hydrogen-bond donors (Lipinski definition) is 1. The minimum atomic E-state index is 0.583. The molecular weight excluding hydrogens is 194 g/mol. The van der Waals surface area contributed by atoms with Gasteiger partial charge in [0.2, 0.25) is 0 Å². The summed E-state index contributed by atoms with van der Waals surface area (Å²) in [5.74, 6) is 0. The third-order valence-electron chi connectivity index (χ3n) is 1.15. The summed E-state index contributed by atoms with van der Waals surface area (Å²) in [7, 11) is 0. The van der Waals surface area contributed by atoms with Crippen molar-refractivity contribution in [2.45, 2.75) is 0 Å². The molecule has 0 radical (unpaired) electrons. The first-order valence-electron chi connectivity index (χ1n) is 2.74. The summed E-state index contributed by atoms with van der Waals surface area (Å²) in [5.41, 5.74) is 6.61. The molecule has 0 saturated carbocycles. The Morgan fingerprint density at radius 3 is 2.70 bits per heavy atom. The first kappa shape index (κ1) is 7.28. The van der Waals surface area contributed by atoms with Crippen molar-refractivity contribution in [3.05, 3.63) is 28.2 Å². The van der Waals surface area contributed by atoms with Gasteiger partial charge in [-0.05, 0) is 18.2 Å². The average Bonchev–Trinajstić information content (AvgIpc) is 1.94. The summed E-state index contributed by atoms with van der Waals surface area (Å²) in [5, 5.41) is 0. The minimum absolute atomic E-state index is 0.583. The quantitative estimate of drug-likeness (QED) is 0.555. The summed E-state index contributed by atoms with van der Waals surface area (Å²) >= 11 is 3.20. The van der Waals surface area contributed by atoms with E-state index in [0.717, 1.165) is 10.8 Å². The van der Waals surface area contributed by atoms with Gasteiger partial charge in [-0.2, -0.15) is 0 Å². The Bertz CT molecular complexity index is 260. The molecule has 0 aliphatic heterocycles. The van der Waals surface area contributed by atoms with Gasteiger partial charge < -0.3 is 5.73 Å². The van der Waals surface area contributed by atoms with Crippen molar-refractivity contribution < 1.29 is 4.79 Å². The van der Waals surface area contributed by atoms with E-state index in [9.17, 15) is 4.79 Å². The molecule has 0 aliphatic carbocycles. The molecule has 3 heteroatoms. The van der Waals surface area contributed by atoms with Crippen LogP contribution in [0.5, 0.6) is 0 Å². The molecular formula is C7H6BrNO. The Labute approximate surface area is 67.2 Å². The molecule has 1 rings (SSSR count). The lowest BCUT2D eigenvalue weighted by atomic mass is 10.2. The third kappa shape index (κ3) is 1.36. The van der Waals surface area contributed by atoms with E-state index in [2.05, 4.69) is 15.9 Å². The van der Waals surface area contributed by atoms with Crippen LogP contribution in [0.15, 0.2) is 22.7 Å². The van der Waals surface area contributed by atoms with Crippen molar-refractivity contribution in [3.63, 3.8) is 0 Å². The molecule has 0 heterocycles. The summed E-state index contributed by atoms with van der Waals surface area (Å²) in [6.45, 7) is 0. The molecule has 0 fully saturated rings. The van der Waals surface area contributed by atoms with Gasteiger partial charge in [-0.3, -0.25) is 4.79 Å². The maximum Gasteiger partial charge on any atom is 0.151 e. The molecule has 10 heavy (non-hydrogen) atoms. The molecule has 0 spiro atoms. The first-order chi connectivity index (χ1) is 4.74. The molecule has 0 aromatic heterocycles. The van der Waals surface area contributed by atoms with E-state index in [-0.39, 0.29) is 0 Å². The number of nitrogens with two attached hydrogens (primary N) is 1. The van der Waals surface area contributed by atoms with E-state index in [1.54, 1.807) is 18.2 Å². The van der Waals surface area contributed by atoms with Crippen molar-refractivity contribution in [1.29, 1.82) is 0 Å². The number of carbonyl (C=O) groups is 1. The zero-order valence-electron chi connectivity index (χ0n) is 5.17. The van der Waals surface area contributed by atoms with Crippen LogP contribution >= 0.6 is 15.9 Å². The van der Waals surface area contributed by atoms with Crippen LogP contribution in [0.4, 0.5) is 5.69 Å². The standard InChI is InChI=1S/C7H6BrNO/c8-7-2-1-6(9)3-5(7)4-10/h1-4H,9H2. The van der Waals surface area contributed by atoms with Crippen LogP contribution in [0, 0.1) is 0 Å². The van der Waals surface area contributed by atoms with Crippen molar-refractivity contribution >= 4 is 27.9 Å². The fourth-order valence-electron chi connectivity index (χ4n) is 0.653. The van der Waals surface area contributed by atoms with Gasteiger partial charge in [0.05, 0.1) is 0 Å². The molecule has 0 bridgehead atoms. The molecule has 0 amide bonds. The Kier molecular flexibility index (Phi) is 2.06. The Hall–Kier alpha value is -0.830. The van der Waals surface area contributed by atoms with Crippen LogP contribution in [0.25, 0.3) is 0 Å². The maximum atomic E-state index is 10.3. The smallest absolute Gasteiger partial charge is 0.151 e. The van der Waals surface area contributed by atoms with E-state index in [4.69, 9.17) is 5.73 Å². The maximum absolute atomic E-state index is 10.3. The average molecular weight is 200 g/mol. The van der Waals surface area contributed by atoms with Gasteiger partial charge >= 0.3 is 0 Å². The van der Waals surface area contributed by atoms with Gasteiger partial charge in [0.15, 0.2) is 6.29 Å². The van der Waals surface area contributed by atoms with Gasteiger partial charge in [0.25, 0.3) is 0 Å². The molecule has 2 N–H and O–H groups in total. The molecule has 0 unspecified atom stereocenters. The number of halogens is 1. The van der Waals surface area contributed by atoms with Crippen LogP contribution in [-0.4, -0.2) is 6.29 Å². The fourth-order valence-corrected chi connectivity index (χ4v) is 0.993. The predicted molar refractivity (Wildman–Crippen MR) is 43.9 cm³/mol. The van der Waals surface area contributed by atoms with Crippen molar-refractivity contribution in [1.82, 2.24) is 0 Å². The van der Waals surface area contributed by atoms with Gasteiger partial charge in [-0.15, -0.1) is 0 Å². The number of nitrogen functional groups attached to an aromatic ring is 1. The SMILES string of the molecule is Nc1ccc(Br)c(C=O)c1. The Morgan fingerprint density at radius 2 is 2.20 bits per heavy atom. The lowest BCUT2D eigenvalue weighted by Crippen LogP contribution is -1.87. The van der Waals surface area contributed by atoms with Crippen LogP contribution in [0.3, 0.4) is 0 Å². The highest BCUT2D eigenvalue weighted by atomic mass is 79.9. The van der Waals surface area contributed by atoms with Crippen LogP contribution in [-0.2, 0) is 0 Å². The summed E-state index contributed by atoms with van der Waals surface area (Å²) in [4.78, 5) is 10.3. The largest absolute Gasteiger partial charge is 0.399 e. The van der Waals surface area contributed by atoms with Gasteiger partial charge in [0, 0.05) is 15.7 Å². The predicted octanol–water partition coefficient (Wildman–Crippen LogP) is 1.84. The molecule has 0 atom stereocenters. The van der Waals surface area contributed by atoms with Crippen molar-refractivity contribution in [2.75, 3.05) is 5.73 Å². The number of hydrogen-bond acceptors (Lipinski definition) is 2. The number of anilines is 1. The summed E-state index contributed by atoms with van der Waals surface area (Å²) in [6, 6.07) is 5.10. The van der Waals surface area contributed by atoms with E-state index >= 15 is 0 Å². The zero-order valence-corrected chi connectivity index (χ0v) is 6.76. The normalized spacial score (nSPS) is 9.30. The van der Waals surface area contributed by atoms with Crippen LogP contribution in [0.1, 0.15) is 10.4 Å². The number of rotatable bonds is 1. The van der Waals surface area contributed by atoms with E-state index in [1.165, 1.54) is 0 Å². The highest BCUT2D eigenvalue weighted by Crippen LogP contribution is 2.16. The first-order valence-corrected chi connectivity index (χ1v) is 3.53. The number of benzene rings is 1. The lowest BCUT2D eigenvalue weighted by Gasteiger charge is -1.95. The van der Waals surface area contributed by atoms with E-state index in [0.29, 0.717) is 11.3 Å². The minimum Gasteiger partial charge on any atom is -0.399 e. The van der Waals surface area contributed by atoms with E-state index in [1.807, 2.05) is 0 Å². The molecule has 0 saturated heterocycles. The second-order valence-electron chi connectivity index (χ2n) is 1.90. The highest BCUT2D eigenvalue weighted by Gasteiger charge is 1.96. The monoisotopic (exact) mass is 199 g/mol. The highest BCUT2D eigenvalue weighted by molar-refractivity contribution is 9.10. The molecule has 0 aliphatic rings. The third-order valence-corrected chi connectivity index (χ3v) is 1.87. The molecule has 2 nitrogen and oxygen atoms in total. The Morgan fingerprint density at radius 1 is 1.50 bits per heavy atom. The molecule has 52 valence electrons. The van der Waals surface area contributed by atoms with Crippen LogP contribution < -0.4 is 5.73 Å². The Balaban J connectivity index is 3.21. The fraction of sp³-hybridized carbons (Fsp3) is 0. The topological polar surface area (TPSA) is 43.1 Å². The van der Waals surface area contributed by atoms with Crippen molar-refractivity contribution in [3.8, 4) is 0 Å². The number of carbonyl (C=O) groups excluding carboxylic acids is 1. The van der Waals surface area contributed by atoms with E-state index < -0.39 is 0 Å². The second kappa shape index (κ2) is 2.84. The summed E-state index contributed by atoms with van der Waals surface area (Å²) in [6.07, 6.45) is 0.764. The molecule has 1 aromatic carbocycles. The van der Waals surface area contributed by atoms with Gasteiger partial charge in [-0.1, -0.05) is 15.9 Å². The van der Waals surface area contributed by atoms with Gasteiger partial charge in [0.1, 0.15) is 0 Å². The lowest BCUT2D eigenvalue weighted by molar-refractivity contribution is 0.112. The second-order valence-corrected chi connectivity index (χ2v) is 2.75. The van der Waals surface area contributed by atoms with Crippen molar-refractivity contribution in [2.24, 2.45) is 0 Å². The molecule has 1 aromatic rings. The van der Waals surface area contributed by atoms with Crippen LogP contribution in [0.2, 0.25) is 0 Å². The number of aldehydes is 1. The zero-order chi connectivity index (χ0) is 7.56.